The van der Waals surface area contributed by atoms with Crippen molar-refractivity contribution < 1.29 is 14.3 Å². The molecule has 166 valence electrons. The molecule has 0 unspecified atom stereocenters. The van der Waals surface area contributed by atoms with E-state index < -0.39 is 0 Å². The number of nitrogens with zero attached hydrogens (tertiary/aromatic N) is 2. The third kappa shape index (κ3) is 5.48. The van der Waals surface area contributed by atoms with Gasteiger partial charge in [0.05, 0.1) is 12.6 Å². The van der Waals surface area contributed by atoms with Crippen molar-refractivity contribution in [1.29, 1.82) is 0 Å². The van der Waals surface area contributed by atoms with Crippen molar-refractivity contribution in [3.8, 4) is 5.75 Å². The van der Waals surface area contributed by atoms with Gasteiger partial charge in [0.1, 0.15) is 12.4 Å². The summed E-state index contributed by atoms with van der Waals surface area (Å²) in [7, 11) is 0. The third-order valence-electron chi connectivity index (χ3n) is 6.11. The van der Waals surface area contributed by atoms with Crippen molar-refractivity contribution in [2.75, 3.05) is 26.2 Å². The van der Waals surface area contributed by atoms with Crippen LogP contribution in [0.15, 0.2) is 41.8 Å². The van der Waals surface area contributed by atoms with Crippen LogP contribution in [0, 0.1) is 11.8 Å². The molecular weight excluding hydrogens is 408 g/mol. The average Bonchev–Trinajstić information content (AvgIpc) is 3.51. The van der Waals surface area contributed by atoms with Gasteiger partial charge >= 0.3 is 0 Å². The molecule has 4 rings (SSSR count). The van der Waals surface area contributed by atoms with Crippen LogP contribution in [-0.2, 0) is 16.0 Å². The molecular formula is C25H32N2O3S. The van der Waals surface area contributed by atoms with E-state index in [-0.39, 0.29) is 30.3 Å². The summed E-state index contributed by atoms with van der Waals surface area (Å²) in [5.41, 5.74) is 1.18. The molecule has 5 nitrogen and oxygen atoms in total. The molecule has 1 aliphatic carbocycles. The summed E-state index contributed by atoms with van der Waals surface area (Å²) in [6.45, 7) is 6.22. The van der Waals surface area contributed by atoms with E-state index in [1.807, 2.05) is 35.2 Å². The number of amides is 2. The van der Waals surface area contributed by atoms with Gasteiger partial charge in [-0.05, 0) is 60.7 Å². The molecule has 0 saturated heterocycles. The minimum atomic E-state index is -0.120. The molecule has 0 radical (unpaired) electrons. The predicted molar refractivity (Wildman–Crippen MR) is 123 cm³/mol. The van der Waals surface area contributed by atoms with Gasteiger partial charge in [-0.15, -0.1) is 11.3 Å². The van der Waals surface area contributed by atoms with Crippen LogP contribution in [-0.4, -0.2) is 47.9 Å². The van der Waals surface area contributed by atoms with Gasteiger partial charge in [0, 0.05) is 23.9 Å². The molecule has 2 amide bonds. The number of rotatable bonds is 9. The van der Waals surface area contributed by atoms with E-state index in [0.717, 1.165) is 31.4 Å². The van der Waals surface area contributed by atoms with Gasteiger partial charge in [-0.25, -0.2) is 0 Å². The highest BCUT2D eigenvalue weighted by Gasteiger charge is 2.37. The summed E-state index contributed by atoms with van der Waals surface area (Å²) in [6, 6.07) is 11.7. The van der Waals surface area contributed by atoms with E-state index in [2.05, 4.69) is 25.3 Å². The van der Waals surface area contributed by atoms with Gasteiger partial charge < -0.3 is 14.5 Å². The number of fused-ring (bicyclic) bond motifs is 1. The van der Waals surface area contributed by atoms with Crippen LogP contribution in [0.2, 0.25) is 0 Å². The maximum atomic E-state index is 13.4. The van der Waals surface area contributed by atoms with Crippen molar-refractivity contribution >= 4 is 23.2 Å². The smallest absolute Gasteiger partial charge is 0.242 e. The van der Waals surface area contributed by atoms with Crippen LogP contribution in [0.25, 0.3) is 0 Å². The Balaban J connectivity index is 1.48. The molecule has 1 saturated carbocycles. The van der Waals surface area contributed by atoms with Crippen molar-refractivity contribution in [3.05, 3.63) is 52.2 Å². The third-order valence-corrected chi connectivity index (χ3v) is 7.10. The second kappa shape index (κ2) is 9.86. The maximum Gasteiger partial charge on any atom is 0.242 e. The van der Waals surface area contributed by atoms with Crippen molar-refractivity contribution in [2.24, 2.45) is 11.8 Å². The van der Waals surface area contributed by atoms with Gasteiger partial charge in [-0.2, -0.15) is 0 Å². The van der Waals surface area contributed by atoms with Crippen molar-refractivity contribution in [3.63, 3.8) is 0 Å². The van der Waals surface area contributed by atoms with Gasteiger partial charge in [0.2, 0.25) is 11.8 Å². The first-order valence-electron chi connectivity index (χ1n) is 11.3. The molecule has 1 aromatic heterocycles. The zero-order valence-electron chi connectivity index (χ0n) is 18.5. The second-order valence-electron chi connectivity index (χ2n) is 8.99. The SMILES string of the molecule is CC(C)CCN(CC(=O)N1CCc2sccc2[C@H]1COc1ccccc1)C(=O)C1CC1. The van der Waals surface area contributed by atoms with Crippen LogP contribution in [0.5, 0.6) is 5.75 Å². The summed E-state index contributed by atoms with van der Waals surface area (Å²) >= 11 is 1.75. The summed E-state index contributed by atoms with van der Waals surface area (Å²) in [6.07, 6.45) is 3.70. The number of hydrogen-bond donors (Lipinski definition) is 0. The number of carbonyl (C=O) groups excluding carboxylic acids is 2. The van der Waals surface area contributed by atoms with Crippen molar-refractivity contribution in [2.45, 2.75) is 45.6 Å². The summed E-state index contributed by atoms with van der Waals surface area (Å²) in [5.74, 6) is 1.61. The quantitative estimate of drug-likeness (QED) is 0.575. The zero-order valence-corrected chi connectivity index (χ0v) is 19.3. The topological polar surface area (TPSA) is 49.9 Å². The standard InChI is InChI=1S/C25H32N2O3S/c1-18(2)10-13-26(25(29)19-8-9-19)16-24(28)27-14-11-23-21(12-15-31-23)22(27)17-30-20-6-4-3-5-7-20/h3-7,12,15,18-19,22H,8-11,13-14,16-17H2,1-2H3/t22-/m1/s1. The fraction of sp³-hybridized carbons (Fsp3) is 0.520. The largest absolute Gasteiger partial charge is 0.491 e. The molecule has 1 fully saturated rings. The summed E-state index contributed by atoms with van der Waals surface area (Å²) < 4.78 is 6.06. The second-order valence-corrected chi connectivity index (χ2v) is 9.99. The maximum absolute atomic E-state index is 13.4. The lowest BCUT2D eigenvalue weighted by Gasteiger charge is -2.37. The van der Waals surface area contributed by atoms with E-state index in [1.165, 1.54) is 10.4 Å². The molecule has 6 heteroatoms. The minimum absolute atomic E-state index is 0.0243. The number of hydrogen-bond acceptors (Lipinski definition) is 4. The molecule has 0 bridgehead atoms. The van der Waals surface area contributed by atoms with Crippen LogP contribution in [0.3, 0.4) is 0 Å². The van der Waals surface area contributed by atoms with Gasteiger partial charge in [0.25, 0.3) is 0 Å². The molecule has 0 N–H and O–H groups in total. The molecule has 31 heavy (non-hydrogen) atoms. The number of carbonyl (C=O) groups is 2. The van der Waals surface area contributed by atoms with Crippen molar-refractivity contribution in [1.82, 2.24) is 9.80 Å². The molecule has 1 atom stereocenters. The first-order valence-corrected chi connectivity index (χ1v) is 12.2. The highest BCUT2D eigenvalue weighted by molar-refractivity contribution is 7.10. The first-order chi connectivity index (χ1) is 15.0. The normalized spacial score (nSPS) is 18.0. The Morgan fingerprint density at radius 2 is 1.97 bits per heavy atom. The Kier molecular flexibility index (Phi) is 6.96. The van der Waals surface area contributed by atoms with Gasteiger partial charge in [-0.3, -0.25) is 9.59 Å². The summed E-state index contributed by atoms with van der Waals surface area (Å²) in [4.78, 5) is 31.3. The van der Waals surface area contributed by atoms with E-state index in [4.69, 9.17) is 4.74 Å². The molecule has 2 aromatic rings. The number of benzene rings is 1. The fourth-order valence-electron chi connectivity index (χ4n) is 4.09. The lowest BCUT2D eigenvalue weighted by molar-refractivity contribution is -0.143. The highest BCUT2D eigenvalue weighted by Crippen LogP contribution is 2.35. The van der Waals surface area contributed by atoms with E-state index in [1.54, 1.807) is 16.2 Å². The van der Waals surface area contributed by atoms with Crippen LogP contribution >= 0.6 is 11.3 Å². The molecule has 2 heterocycles. The Morgan fingerprint density at radius 3 is 2.68 bits per heavy atom. The number of para-hydroxylation sites is 1. The fourth-order valence-corrected chi connectivity index (χ4v) is 5.02. The van der Waals surface area contributed by atoms with Gasteiger partial charge in [0.15, 0.2) is 0 Å². The van der Waals surface area contributed by atoms with E-state index in [0.29, 0.717) is 25.6 Å². The molecule has 2 aliphatic rings. The van der Waals surface area contributed by atoms with E-state index in [9.17, 15) is 9.59 Å². The van der Waals surface area contributed by atoms with E-state index >= 15 is 0 Å². The lowest BCUT2D eigenvalue weighted by Crippen LogP contribution is -2.48. The first kappa shape index (κ1) is 21.9. The zero-order chi connectivity index (χ0) is 21.8. The molecule has 0 spiro atoms. The Labute approximate surface area is 189 Å². The molecule has 1 aliphatic heterocycles. The Hall–Kier alpha value is -2.34. The number of thiophene rings is 1. The van der Waals surface area contributed by atoms with Crippen LogP contribution in [0.4, 0.5) is 0 Å². The van der Waals surface area contributed by atoms with Crippen LogP contribution < -0.4 is 4.74 Å². The highest BCUT2D eigenvalue weighted by atomic mass is 32.1. The Bertz CT molecular complexity index is 891. The Morgan fingerprint density at radius 1 is 1.19 bits per heavy atom. The van der Waals surface area contributed by atoms with Gasteiger partial charge in [-0.1, -0.05) is 32.0 Å². The number of ether oxygens (including phenoxy) is 1. The summed E-state index contributed by atoms with van der Waals surface area (Å²) in [5, 5.41) is 2.10. The average molecular weight is 441 g/mol. The monoisotopic (exact) mass is 440 g/mol. The predicted octanol–water partition coefficient (Wildman–Crippen LogP) is 4.54. The van der Waals surface area contributed by atoms with Crippen LogP contribution in [0.1, 0.15) is 49.6 Å². The lowest BCUT2D eigenvalue weighted by atomic mass is 10.00. The minimum Gasteiger partial charge on any atom is -0.491 e. The molecule has 1 aromatic carbocycles.